The molecule has 2 nitrogen and oxygen atoms in total. The summed E-state index contributed by atoms with van der Waals surface area (Å²) in [6.07, 6.45) is 9.67. The standard InChI is InChI=1S/C16H29NOS/c1-2-17-15-6-4-3-5-14(15)13-7-9-18-16(11-13)8-10-19-12-16/h13-15,17H,2-12H2,1H3. The summed E-state index contributed by atoms with van der Waals surface area (Å²) in [6, 6.07) is 0.785. The Balaban J connectivity index is 1.65. The summed E-state index contributed by atoms with van der Waals surface area (Å²) in [5, 5.41) is 3.76. The fourth-order valence-corrected chi connectivity index (χ4v) is 5.91. The van der Waals surface area contributed by atoms with Gasteiger partial charge in [0.05, 0.1) is 5.60 Å². The molecule has 4 unspecified atom stereocenters. The molecule has 2 aliphatic heterocycles. The third-order valence-corrected chi connectivity index (χ3v) is 6.71. The van der Waals surface area contributed by atoms with E-state index in [0.717, 1.165) is 31.0 Å². The molecule has 4 atom stereocenters. The zero-order valence-electron chi connectivity index (χ0n) is 12.3. The van der Waals surface area contributed by atoms with Crippen LogP contribution >= 0.6 is 11.8 Å². The zero-order valence-corrected chi connectivity index (χ0v) is 13.1. The highest BCUT2D eigenvalue weighted by Crippen LogP contribution is 2.45. The minimum Gasteiger partial charge on any atom is -0.374 e. The van der Waals surface area contributed by atoms with E-state index in [9.17, 15) is 0 Å². The number of ether oxygens (including phenoxy) is 1. The van der Waals surface area contributed by atoms with Crippen molar-refractivity contribution in [1.82, 2.24) is 5.32 Å². The summed E-state index contributed by atoms with van der Waals surface area (Å²) in [5.74, 6) is 4.40. The Labute approximate surface area is 122 Å². The van der Waals surface area contributed by atoms with Crippen LogP contribution in [-0.2, 0) is 4.74 Å². The summed E-state index contributed by atoms with van der Waals surface area (Å²) in [7, 11) is 0. The predicted molar refractivity (Wildman–Crippen MR) is 82.8 cm³/mol. The van der Waals surface area contributed by atoms with Crippen molar-refractivity contribution in [3.63, 3.8) is 0 Å². The molecule has 0 aromatic carbocycles. The van der Waals surface area contributed by atoms with Crippen LogP contribution in [0.3, 0.4) is 0 Å². The monoisotopic (exact) mass is 283 g/mol. The van der Waals surface area contributed by atoms with Crippen molar-refractivity contribution in [2.24, 2.45) is 11.8 Å². The van der Waals surface area contributed by atoms with E-state index in [-0.39, 0.29) is 5.60 Å². The number of hydrogen-bond acceptors (Lipinski definition) is 3. The van der Waals surface area contributed by atoms with Crippen molar-refractivity contribution >= 4 is 11.8 Å². The Morgan fingerprint density at radius 2 is 2.16 bits per heavy atom. The average Bonchev–Trinajstić information content (AvgIpc) is 2.88. The zero-order chi connectivity index (χ0) is 13.1. The van der Waals surface area contributed by atoms with Gasteiger partial charge in [0.25, 0.3) is 0 Å². The number of rotatable bonds is 3. The fraction of sp³-hybridized carbons (Fsp3) is 1.00. The second-order valence-corrected chi connectivity index (χ2v) is 7.80. The highest BCUT2D eigenvalue weighted by Gasteiger charge is 2.44. The highest BCUT2D eigenvalue weighted by molar-refractivity contribution is 7.99. The van der Waals surface area contributed by atoms with Crippen LogP contribution in [0.4, 0.5) is 0 Å². The lowest BCUT2D eigenvalue weighted by Gasteiger charge is -2.45. The second kappa shape index (κ2) is 6.36. The third-order valence-electron chi connectivity index (χ3n) is 5.49. The fourth-order valence-electron chi connectivity index (χ4n) is 4.53. The van der Waals surface area contributed by atoms with Gasteiger partial charge in [-0.15, -0.1) is 0 Å². The van der Waals surface area contributed by atoms with Gasteiger partial charge >= 0.3 is 0 Å². The predicted octanol–water partition coefficient (Wildman–Crippen LogP) is 3.46. The van der Waals surface area contributed by atoms with Crippen molar-refractivity contribution < 1.29 is 4.74 Å². The van der Waals surface area contributed by atoms with Gasteiger partial charge in [-0.25, -0.2) is 0 Å². The van der Waals surface area contributed by atoms with E-state index in [0.29, 0.717) is 0 Å². The summed E-state index contributed by atoms with van der Waals surface area (Å²) >= 11 is 2.10. The molecule has 1 spiro atoms. The molecule has 3 rings (SSSR count). The van der Waals surface area contributed by atoms with Gasteiger partial charge in [0, 0.05) is 18.4 Å². The quantitative estimate of drug-likeness (QED) is 0.857. The van der Waals surface area contributed by atoms with Crippen LogP contribution < -0.4 is 5.32 Å². The van der Waals surface area contributed by atoms with E-state index in [4.69, 9.17) is 4.74 Å². The molecular formula is C16H29NOS. The average molecular weight is 283 g/mol. The van der Waals surface area contributed by atoms with Gasteiger partial charge in [-0.3, -0.25) is 0 Å². The summed E-state index contributed by atoms with van der Waals surface area (Å²) in [6.45, 7) is 4.40. The van der Waals surface area contributed by atoms with Crippen LogP contribution in [0, 0.1) is 11.8 Å². The Hall–Kier alpha value is 0.270. The van der Waals surface area contributed by atoms with Gasteiger partial charge in [0.1, 0.15) is 0 Å². The first-order valence-corrected chi connectivity index (χ1v) is 9.43. The molecule has 110 valence electrons. The Kier molecular flexibility index (Phi) is 4.76. The minimum absolute atomic E-state index is 0.266. The maximum absolute atomic E-state index is 6.20. The molecule has 0 amide bonds. The molecule has 1 saturated carbocycles. The maximum atomic E-state index is 6.20. The lowest BCUT2D eigenvalue weighted by atomic mass is 9.70. The molecule has 0 aromatic rings. The summed E-state index contributed by atoms with van der Waals surface area (Å²) < 4.78 is 6.20. The van der Waals surface area contributed by atoms with Gasteiger partial charge in [-0.2, -0.15) is 11.8 Å². The van der Waals surface area contributed by atoms with Crippen LogP contribution in [0.15, 0.2) is 0 Å². The topological polar surface area (TPSA) is 21.3 Å². The minimum atomic E-state index is 0.266. The van der Waals surface area contributed by atoms with Gasteiger partial charge in [0.15, 0.2) is 0 Å². The number of hydrogen-bond donors (Lipinski definition) is 1. The van der Waals surface area contributed by atoms with Crippen molar-refractivity contribution in [2.75, 3.05) is 24.7 Å². The lowest BCUT2D eigenvalue weighted by Crippen LogP contribution is -2.48. The Bertz CT molecular complexity index is 288. The molecule has 0 bridgehead atoms. The summed E-state index contributed by atoms with van der Waals surface area (Å²) in [4.78, 5) is 0. The Morgan fingerprint density at radius 1 is 1.26 bits per heavy atom. The first-order valence-electron chi connectivity index (χ1n) is 8.28. The van der Waals surface area contributed by atoms with Crippen molar-refractivity contribution in [3.05, 3.63) is 0 Å². The molecule has 1 aliphatic carbocycles. The first kappa shape index (κ1) is 14.2. The van der Waals surface area contributed by atoms with E-state index >= 15 is 0 Å². The van der Waals surface area contributed by atoms with E-state index < -0.39 is 0 Å². The van der Waals surface area contributed by atoms with Gasteiger partial charge in [0.2, 0.25) is 0 Å². The van der Waals surface area contributed by atoms with Crippen LogP contribution in [0.2, 0.25) is 0 Å². The van der Waals surface area contributed by atoms with Gasteiger partial charge in [-0.05, 0) is 56.2 Å². The van der Waals surface area contributed by atoms with E-state index in [1.54, 1.807) is 0 Å². The van der Waals surface area contributed by atoms with Gasteiger partial charge < -0.3 is 10.1 Å². The second-order valence-electron chi connectivity index (χ2n) is 6.70. The lowest BCUT2D eigenvalue weighted by molar-refractivity contribution is -0.0941. The number of nitrogens with one attached hydrogen (secondary N) is 1. The maximum Gasteiger partial charge on any atom is 0.0783 e. The van der Waals surface area contributed by atoms with Crippen LogP contribution in [0.1, 0.15) is 51.9 Å². The molecule has 3 aliphatic rings. The smallest absolute Gasteiger partial charge is 0.0783 e. The third kappa shape index (κ3) is 3.14. The largest absolute Gasteiger partial charge is 0.374 e. The molecule has 3 fully saturated rings. The molecule has 2 heterocycles. The molecule has 0 aromatic heterocycles. The van der Waals surface area contributed by atoms with Crippen molar-refractivity contribution in [2.45, 2.75) is 63.5 Å². The molecule has 2 saturated heterocycles. The van der Waals surface area contributed by atoms with E-state index in [1.165, 1.54) is 56.5 Å². The summed E-state index contributed by atoms with van der Waals surface area (Å²) in [5.41, 5.74) is 0.266. The SMILES string of the molecule is CCNC1CCCCC1C1CCOC2(CCSC2)C1. The van der Waals surface area contributed by atoms with Crippen molar-refractivity contribution in [1.29, 1.82) is 0 Å². The molecule has 1 N–H and O–H groups in total. The van der Waals surface area contributed by atoms with E-state index in [2.05, 4.69) is 24.0 Å². The first-order chi connectivity index (χ1) is 9.33. The molecule has 3 heteroatoms. The normalized spacial score (nSPS) is 43.7. The van der Waals surface area contributed by atoms with Crippen LogP contribution in [0.25, 0.3) is 0 Å². The van der Waals surface area contributed by atoms with Crippen molar-refractivity contribution in [3.8, 4) is 0 Å². The number of thioether (sulfide) groups is 1. The molecule has 19 heavy (non-hydrogen) atoms. The highest BCUT2D eigenvalue weighted by atomic mass is 32.2. The van der Waals surface area contributed by atoms with E-state index in [1.807, 2.05) is 0 Å². The Morgan fingerprint density at radius 3 is 2.95 bits per heavy atom. The van der Waals surface area contributed by atoms with Crippen LogP contribution in [-0.4, -0.2) is 36.3 Å². The van der Waals surface area contributed by atoms with Gasteiger partial charge in [-0.1, -0.05) is 19.8 Å². The molecular weight excluding hydrogens is 254 g/mol. The molecule has 0 radical (unpaired) electrons. The van der Waals surface area contributed by atoms with Crippen LogP contribution in [0.5, 0.6) is 0 Å².